The summed E-state index contributed by atoms with van der Waals surface area (Å²) in [5.41, 5.74) is 2.17. The second-order valence-electron chi connectivity index (χ2n) is 7.45. The van der Waals surface area contributed by atoms with Crippen molar-refractivity contribution in [2.45, 2.75) is 38.6 Å². The van der Waals surface area contributed by atoms with E-state index >= 15 is 0 Å². The molecule has 1 atom stereocenters. The van der Waals surface area contributed by atoms with E-state index in [1.165, 1.54) is 25.3 Å². The first-order valence-corrected chi connectivity index (χ1v) is 11.2. The SMILES string of the molecule is CC(=O)Nc1cccc(NC(=O)C(=O)NCC(c2ccsc2)N2CCCCCC2)c1. The van der Waals surface area contributed by atoms with Gasteiger partial charge in [0.1, 0.15) is 0 Å². The van der Waals surface area contributed by atoms with Gasteiger partial charge in [0, 0.05) is 24.8 Å². The van der Waals surface area contributed by atoms with E-state index in [9.17, 15) is 14.4 Å². The fourth-order valence-electron chi connectivity index (χ4n) is 3.66. The van der Waals surface area contributed by atoms with E-state index in [1.54, 1.807) is 35.6 Å². The molecule has 0 saturated carbocycles. The third-order valence-electron chi connectivity index (χ3n) is 5.11. The van der Waals surface area contributed by atoms with Crippen LogP contribution < -0.4 is 16.0 Å². The molecule has 2 aromatic rings. The highest BCUT2D eigenvalue weighted by molar-refractivity contribution is 7.08. The predicted octanol–water partition coefficient (Wildman–Crippen LogP) is 3.38. The number of amides is 3. The first-order chi connectivity index (χ1) is 14.5. The number of anilines is 2. The third-order valence-corrected chi connectivity index (χ3v) is 5.81. The van der Waals surface area contributed by atoms with E-state index in [-0.39, 0.29) is 11.9 Å². The quantitative estimate of drug-likeness (QED) is 0.615. The highest BCUT2D eigenvalue weighted by Crippen LogP contribution is 2.25. The number of hydrogen-bond acceptors (Lipinski definition) is 5. The van der Waals surface area contributed by atoms with E-state index in [0.29, 0.717) is 17.9 Å². The highest BCUT2D eigenvalue weighted by Gasteiger charge is 2.24. The third kappa shape index (κ3) is 6.40. The summed E-state index contributed by atoms with van der Waals surface area (Å²) in [6.07, 6.45) is 4.78. The Kier molecular flexibility index (Phi) is 7.98. The minimum Gasteiger partial charge on any atom is -0.346 e. The van der Waals surface area contributed by atoms with Gasteiger partial charge >= 0.3 is 11.8 Å². The van der Waals surface area contributed by atoms with Crippen LogP contribution in [0, 0.1) is 0 Å². The van der Waals surface area contributed by atoms with Crippen molar-refractivity contribution < 1.29 is 14.4 Å². The van der Waals surface area contributed by atoms with Crippen molar-refractivity contribution in [2.75, 3.05) is 30.3 Å². The Bertz CT molecular complexity index is 861. The van der Waals surface area contributed by atoms with E-state index in [4.69, 9.17) is 0 Å². The molecule has 0 bridgehead atoms. The minimum absolute atomic E-state index is 0.0641. The molecule has 160 valence electrons. The molecule has 1 unspecified atom stereocenters. The van der Waals surface area contributed by atoms with Crippen molar-refractivity contribution in [3.63, 3.8) is 0 Å². The van der Waals surface area contributed by atoms with Gasteiger partial charge in [0.25, 0.3) is 0 Å². The van der Waals surface area contributed by atoms with Gasteiger partial charge in [-0.1, -0.05) is 18.9 Å². The smallest absolute Gasteiger partial charge is 0.313 e. The van der Waals surface area contributed by atoms with Crippen LogP contribution in [0.15, 0.2) is 41.1 Å². The Hall–Kier alpha value is -2.71. The topological polar surface area (TPSA) is 90.5 Å². The number of likely N-dealkylation sites (tertiary alicyclic amines) is 1. The lowest BCUT2D eigenvalue weighted by Gasteiger charge is -2.30. The zero-order valence-electron chi connectivity index (χ0n) is 17.1. The number of nitrogens with zero attached hydrogens (tertiary/aromatic N) is 1. The number of benzene rings is 1. The standard InChI is InChI=1S/C22H28N4O3S/c1-16(27)24-18-7-6-8-19(13-18)25-22(29)21(28)23-14-20(17-9-12-30-15-17)26-10-4-2-3-5-11-26/h6-9,12-13,15,20H,2-5,10-11,14H2,1H3,(H,23,28)(H,24,27)(H,25,29). The zero-order chi connectivity index (χ0) is 21.3. The molecule has 3 rings (SSSR count). The molecule has 0 radical (unpaired) electrons. The van der Waals surface area contributed by atoms with Crippen LogP contribution in [0.5, 0.6) is 0 Å². The fourth-order valence-corrected chi connectivity index (χ4v) is 4.37. The zero-order valence-corrected chi connectivity index (χ0v) is 18.0. The molecule has 1 aliphatic heterocycles. The predicted molar refractivity (Wildman–Crippen MR) is 119 cm³/mol. The summed E-state index contributed by atoms with van der Waals surface area (Å²) < 4.78 is 0. The number of carbonyl (C=O) groups excluding carboxylic acids is 3. The van der Waals surface area contributed by atoms with Crippen molar-refractivity contribution in [2.24, 2.45) is 0 Å². The van der Waals surface area contributed by atoms with Gasteiger partial charge in [0.15, 0.2) is 0 Å². The van der Waals surface area contributed by atoms with Gasteiger partial charge in [0.05, 0.1) is 6.04 Å². The van der Waals surface area contributed by atoms with Gasteiger partial charge in [-0.15, -0.1) is 0 Å². The molecule has 1 fully saturated rings. The number of hydrogen-bond donors (Lipinski definition) is 3. The van der Waals surface area contributed by atoms with E-state index in [1.807, 2.05) is 5.38 Å². The Morgan fingerprint density at radius 2 is 1.70 bits per heavy atom. The Morgan fingerprint density at radius 3 is 2.33 bits per heavy atom. The van der Waals surface area contributed by atoms with Crippen molar-refractivity contribution in [1.29, 1.82) is 0 Å². The summed E-state index contributed by atoms with van der Waals surface area (Å²) in [6.45, 7) is 3.79. The van der Waals surface area contributed by atoms with Crippen LogP contribution in [0.25, 0.3) is 0 Å². The van der Waals surface area contributed by atoms with Crippen molar-refractivity contribution in [3.05, 3.63) is 46.7 Å². The average Bonchev–Trinajstić information content (AvgIpc) is 3.10. The lowest BCUT2D eigenvalue weighted by atomic mass is 10.1. The lowest BCUT2D eigenvalue weighted by molar-refractivity contribution is -0.136. The maximum atomic E-state index is 12.4. The first kappa shape index (κ1) is 22.0. The molecule has 0 spiro atoms. The summed E-state index contributed by atoms with van der Waals surface area (Å²) in [5.74, 6) is -1.60. The van der Waals surface area contributed by atoms with Gasteiger partial charge in [-0.05, 0) is 66.5 Å². The molecular weight excluding hydrogens is 400 g/mol. The Morgan fingerprint density at radius 1 is 1.00 bits per heavy atom. The largest absolute Gasteiger partial charge is 0.346 e. The Balaban J connectivity index is 1.59. The molecule has 7 nitrogen and oxygen atoms in total. The molecule has 3 N–H and O–H groups in total. The molecule has 30 heavy (non-hydrogen) atoms. The molecule has 0 aliphatic carbocycles. The van der Waals surface area contributed by atoms with Gasteiger partial charge in [-0.2, -0.15) is 11.3 Å². The normalized spacial score (nSPS) is 15.6. The number of nitrogens with one attached hydrogen (secondary N) is 3. The summed E-state index contributed by atoms with van der Waals surface area (Å²) in [7, 11) is 0. The highest BCUT2D eigenvalue weighted by atomic mass is 32.1. The summed E-state index contributed by atoms with van der Waals surface area (Å²) >= 11 is 1.64. The van der Waals surface area contributed by atoms with E-state index in [0.717, 1.165) is 25.9 Å². The lowest BCUT2D eigenvalue weighted by Crippen LogP contribution is -2.42. The second kappa shape index (κ2) is 10.9. The molecule has 1 aromatic carbocycles. The van der Waals surface area contributed by atoms with Crippen LogP contribution in [0.4, 0.5) is 11.4 Å². The van der Waals surface area contributed by atoms with Gasteiger partial charge in [-0.3, -0.25) is 19.3 Å². The summed E-state index contributed by atoms with van der Waals surface area (Å²) in [5, 5.41) is 12.2. The summed E-state index contributed by atoms with van der Waals surface area (Å²) in [4.78, 5) is 38.4. The van der Waals surface area contributed by atoms with Crippen LogP contribution in [0.1, 0.15) is 44.2 Å². The van der Waals surface area contributed by atoms with Crippen LogP contribution >= 0.6 is 11.3 Å². The molecule has 1 saturated heterocycles. The van der Waals surface area contributed by atoms with Crippen LogP contribution in [0.2, 0.25) is 0 Å². The van der Waals surface area contributed by atoms with Crippen molar-refractivity contribution in [3.8, 4) is 0 Å². The molecule has 1 aliphatic rings. The molecule has 1 aromatic heterocycles. The summed E-state index contributed by atoms with van der Waals surface area (Å²) in [6, 6.07) is 8.84. The van der Waals surface area contributed by atoms with Crippen LogP contribution in [0.3, 0.4) is 0 Å². The molecular formula is C22H28N4O3S. The van der Waals surface area contributed by atoms with Crippen LogP contribution in [-0.4, -0.2) is 42.3 Å². The number of carbonyl (C=O) groups is 3. The molecule has 2 heterocycles. The Labute approximate surface area is 180 Å². The molecule has 8 heteroatoms. The molecule has 3 amide bonds. The van der Waals surface area contributed by atoms with Gasteiger partial charge in [0.2, 0.25) is 5.91 Å². The van der Waals surface area contributed by atoms with Crippen LogP contribution in [-0.2, 0) is 14.4 Å². The van der Waals surface area contributed by atoms with E-state index < -0.39 is 11.8 Å². The fraction of sp³-hybridized carbons (Fsp3) is 0.409. The first-order valence-electron chi connectivity index (χ1n) is 10.3. The number of thiophene rings is 1. The van der Waals surface area contributed by atoms with Crippen molar-refractivity contribution >= 4 is 40.4 Å². The second-order valence-corrected chi connectivity index (χ2v) is 8.23. The minimum atomic E-state index is -0.727. The maximum absolute atomic E-state index is 12.4. The monoisotopic (exact) mass is 428 g/mol. The average molecular weight is 429 g/mol. The maximum Gasteiger partial charge on any atom is 0.313 e. The van der Waals surface area contributed by atoms with Gasteiger partial charge in [-0.25, -0.2) is 0 Å². The number of rotatable bonds is 6. The van der Waals surface area contributed by atoms with E-state index in [2.05, 4.69) is 32.3 Å². The van der Waals surface area contributed by atoms with Gasteiger partial charge < -0.3 is 16.0 Å². The van der Waals surface area contributed by atoms with Crippen molar-refractivity contribution in [1.82, 2.24) is 10.2 Å².